The van der Waals surface area contributed by atoms with Crippen LogP contribution in [0.3, 0.4) is 0 Å². The van der Waals surface area contributed by atoms with Gasteiger partial charge >= 0.3 is 0 Å². The third-order valence-corrected chi connectivity index (χ3v) is 3.39. The maximum atomic E-state index is 12.0. The van der Waals surface area contributed by atoms with Gasteiger partial charge in [0.2, 0.25) is 0 Å². The number of aryl methyl sites for hydroxylation is 3. The predicted molar refractivity (Wildman–Crippen MR) is 73.5 cm³/mol. The molecule has 3 rings (SSSR count). The first kappa shape index (κ1) is 11.6. The summed E-state index contributed by atoms with van der Waals surface area (Å²) in [6, 6.07) is 3.93. The summed E-state index contributed by atoms with van der Waals surface area (Å²) in [5.41, 5.74) is 3.36. The van der Waals surface area contributed by atoms with Gasteiger partial charge in [-0.05, 0) is 44.0 Å². The Labute approximate surface area is 108 Å². The van der Waals surface area contributed by atoms with Crippen molar-refractivity contribution in [3.63, 3.8) is 0 Å². The van der Waals surface area contributed by atoms with Crippen LogP contribution in [0.5, 0.6) is 0 Å². The molecule has 0 amide bonds. The first-order valence-electron chi connectivity index (χ1n) is 5.91. The first-order chi connectivity index (χ1) is 8.99. The summed E-state index contributed by atoms with van der Waals surface area (Å²) in [6.07, 6.45) is 0. The monoisotopic (exact) mass is 255 g/mol. The van der Waals surface area contributed by atoms with E-state index in [-0.39, 0.29) is 11.1 Å². The smallest absolute Gasteiger partial charge is 0.300 e. The standard InChI is InChI=1S/C13H13N5O/c1-6-4-9-10(5-7(6)2)16-17-12-11(9)15-8(3)18(14)13(12)19/h4-5H,14H2,1-3H3. The molecule has 0 aliphatic rings. The zero-order valence-corrected chi connectivity index (χ0v) is 10.9. The van der Waals surface area contributed by atoms with Gasteiger partial charge in [0.25, 0.3) is 5.56 Å². The minimum atomic E-state index is -0.380. The molecule has 0 spiro atoms. The lowest BCUT2D eigenvalue weighted by atomic mass is 10.1. The van der Waals surface area contributed by atoms with Crippen molar-refractivity contribution >= 4 is 21.9 Å². The van der Waals surface area contributed by atoms with E-state index in [2.05, 4.69) is 15.2 Å². The molecule has 2 aromatic heterocycles. The largest absolute Gasteiger partial charge is 0.335 e. The van der Waals surface area contributed by atoms with Crippen LogP contribution in [-0.2, 0) is 0 Å². The van der Waals surface area contributed by atoms with Crippen molar-refractivity contribution in [3.05, 3.63) is 39.4 Å². The second-order valence-corrected chi connectivity index (χ2v) is 4.69. The van der Waals surface area contributed by atoms with Gasteiger partial charge in [-0.15, -0.1) is 10.2 Å². The molecule has 3 aromatic rings. The van der Waals surface area contributed by atoms with Gasteiger partial charge in [-0.2, -0.15) is 0 Å². The molecule has 0 fully saturated rings. The average Bonchev–Trinajstić information content (AvgIpc) is 2.38. The molecule has 0 aliphatic carbocycles. The van der Waals surface area contributed by atoms with Crippen LogP contribution in [0.2, 0.25) is 0 Å². The minimum absolute atomic E-state index is 0.198. The van der Waals surface area contributed by atoms with Crippen molar-refractivity contribution in [2.45, 2.75) is 20.8 Å². The van der Waals surface area contributed by atoms with E-state index < -0.39 is 0 Å². The van der Waals surface area contributed by atoms with Crippen LogP contribution < -0.4 is 11.4 Å². The number of nitrogen functional groups attached to an aromatic ring is 1. The lowest BCUT2D eigenvalue weighted by Gasteiger charge is -2.07. The average molecular weight is 255 g/mol. The summed E-state index contributed by atoms with van der Waals surface area (Å²) in [6.45, 7) is 5.71. The highest BCUT2D eigenvalue weighted by Gasteiger charge is 2.12. The van der Waals surface area contributed by atoms with Gasteiger partial charge in [0.15, 0.2) is 5.52 Å². The van der Waals surface area contributed by atoms with E-state index in [1.807, 2.05) is 26.0 Å². The number of benzene rings is 1. The van der Waals surface area contributed by atoms with Gasteiger partial charge in [0, 0.05) is 5.39 Å². The Kier molecular flexibility index (Phi) is 2.28. The zero-order chi connectivity index (χ0) is 13.7. The molecule has 6 nitrogen and oxygen atoms in total. The quantitative estimate of drug-likeness (QED) is 0.478. The predicted octanol–water partition coefficient (Wildman–Crippen LogP) is 0.979. The van der Waals surface area contributed by atoms with E-state index >= 15 is 0 Å². The molecule has 2 N–H and O–H groups in total. The van der Waals surface area contributed by atoms with Crippen LogP contribution in [0, 0.1) is 20.8 Å². The number of nitrogens with two attached hydrogens (primary N) is 1. The Hall–Kier alpha value is -2.50. The molecule has 0 aliphatic heterocycles. The molecule has 0 bridgehead atoms. The van der Waals surface area contributed by atoms with Crippen LogP contribution in [-0.4, -0.2) is 19.9 Å². The highest BCUT2D eigenvalue weighted by Crippen LogP contribution is 2.21. The van der Waals surface area contributed by atoms with Gasteiger partial charge in [-0.3, -0.25) is 4.79 Å². The van der Waals surface area contributed by atoms with Crippen molar-refractivity contribution in [1.82, 2.24) is 19.9 Å². The summed E-state index contributed by atoms with van der Waals surface area (Å²) in [5.74, 6) is 6.07. The van der Waals surface area contributed by atoms with Crippen molar-refractivity contribution in [2.75, 3.05) is 5.84 Å². The van der Waals surface area contributed by atoms with Gasteiger partial charge in [-0.25, -0.2) is 9.66 Å². The maximum Gasteiger partial charge on any atom is 0.300 e. The molecule has 1 aromatic carbocycles. The Morgan fingerprint density at radius 1 is 1.05 bits per heavy atom. The van der Waals surface area contributed by atoms with Crippen molar-refractivity contribution in [1.29, 1.82) is 0 Å². The molecular formula is C13H13N5O. The Morgan fingerprint density at radius 2 is 1.74 bits per heavy atom. The highest BCUT2D eigenvalue weighted by atomic mass is 16.1. The van der Waals surface area contributed by atoms with E-state index in [1.54, 1.807) is 6.92 Å². The number of fused-ring (bicyclic) bond motifs is 3. The van der Waals surface area contributed by atoms with E-state index in [4.69, 9.17) is 5.84 Å². The van der Waals surface area contributed by atoms with Gasteiger partial charge < -0.3 is 5.84 Å². The third kappa shape index (κ3) is 1.56. The lowest BCUT2D eigenvalue weighted by Crippen LogP contribution is -2.31. The molecule has 96 valence electrons. The summed E-state index contributed by atoms with van der Waals surface area (Å²) in [4.78, 5) is 16.4. The molecule has 0 radical (unpaired) electrons. The Balaban J connectivity index is 2.60. The number of rotatable bonds is 0. The van der Waals surface area contributed by atoms with Crippen molar-refractivity contribution in [2.24, 2.45) is 0 Å². The lowest BCUT2D eigenvalue weighted by molar-refractivity contribution is 0.844. The fraction of sp³-hybridized carbons (Fsp3) is 0.231. The van der Waals surface area contributed by atoms with E-state index in [9.17, 15) is 4.79 Å². The van der Waals surface area contributed by atoms with Crippen LogP contribution in [0.15, 0.2) is 16.9 Å². The second kappa shape index (κ2) is 3.74. The normalized spacial score (nSPS) is 11.3. The molecule has 0 unspecified atom stereocenters. The van der Waals surface area contributed by atoms with Crippen molar-refractivity contribution < 1.29 is 0 Å². The SMILES string of the molecule is Cc1cc2nnc3c(=O)n(N)c(C)nc3c2cc1C. The first-order valence-corrected chi connectivity index (χ1v) is 5.91. The van der Waals surface area contributed by atoms with Gasteiger partial charge in [0.05, 0.1) is 5.52 Å². The Bertz CT molecular complexity index is 882. The maximum absolute atomic E-state index is 12.0. The molecule has 0 saturated heterocycles. The topological polar surface area (TPSA) is 86.7 Å². The van der Waals surface area contributed by atoms with Crippen LogP contribution >= 0.6 is 0 Å². The molecule has 19 heavy (non-hydrogen) atoms. The number of nitrogens with zero attached hydrogens (tertiary/aromatic N) is 4. The molecule has 0 atom stereocenters. The zero-order valence-electron chi connectivity index (χ0n) is 10.9. The van der Waals surface area contributed by atoms with E-state index in [0.717, 1.165) is 26.7 Å². The van der Waals surface area contributed by atoms with Gasteiger partial charge in [0.1, 0.15) is 11.3 Å². The molecule has 6 heteroatoms. The van der Waals surface area contributed by atoms with Crippen LogP contribution in [0.25, 0.3) is 21.9 Å². The van der Waals surface area contributed by atoms with E-state index in [0.29, 0.717) is 11.3 Å². The molecular weight excluding hydrogens is 242 g/mol. The highest BCUT2D eigenvalue weighted by molar-refractivity contribution is 6.01. The fourth-order valence-electron chi connectivity index (χ4n) is 2.09. The third-order valence-electron chi connectivity index (χ3n) is 3.39. The number of hydrogen-bond donors (Lipinski definition) is 1. The number of aromatic nitrogens is 4. The second-order valence-electron chi connectivity index (χ2n) is 4.69. The molecule has 2 heterocycles. The summed E-state index contributed by atoms with van der Waals surface area (Å²) in [7, 11) is 0. The van der Waals surface area contributed by atoms with Gasteiger partial charge in [-0.1, -0.05) is 0 Å². The summed E-state index contributed by atoms with van der Waals surface area (Å²) >= 11 is 0. The molecule has 0 saturated carbocycles. The van der Waals surface area contributed by atoms with E-state index in [1.165, 1.54) is 0 Å². The number of hydrogen-bond acceptors (Lipinski definition) is 5. The summed E-state index contributed by atoms with van der Waals surface area (Å²) < 4.78 is 0.990. The van der Waals surface area contributed by atoms with Crippen LogP contribution in [0.1, 0.15) is 17.0 Å². The Morgan fingerprint density at radius 3 is 2.47 bits per heavy atom. The van der Waals surface area contributed by atoms with Crippen LogP contribution in [0.4, 0.5) is 0 Å². The summed E-state index contributed by atoms with van der Waals surface area (Å²) in [5, 5.41) is 8.87. The minimum Gasteiger partial charge on any atom is -0.335 e. The fourth-order valence-corrected chi connectivity index (χ4v) is 2.09. The van der Waals surface area contributed by atoms with Crippen molar-refractivity contribution in [3.8, 4) is 0 Å².